The van der Waals surface area contributed by atoms with Gasteiger partial charge in [0.2, 0.25) is 0 Å². The molecule has 2 atom stereocenters. The Labute approximate surface area is 262 Å². The quantitative estimate of drug-likeness (QED) is 0.212. The summed E-state index contributed by atoms with van der Waals surface area (Å²) in [4.78, 5) is 22.5. The standard InChI is InChI=1S/C33H32F3N7O3/c1-44-19-46-22-12-20-4-2-5-25(35)27(20)23(13-22)29-28(36)30-24(15-38-29)31(42-11-10-41-9-7-37-26(41)17-42)40-32(39-30)45-18-33-6-3-8-43(33)16-21(34)14-33/h2,4-5,7,9,12-13,15,21H,3,6,8,10-11,14,16-19H2,1H3/t21-,33+/m1/s1. The van der Waals surface area contributed by atoms with Gasteiger partial charge in [-0.15, -0.1) is 0 Å². The highest BCUT2D eigenvalue weighted by Crippen LogP contribution is 2.41. The number of hydrogen-bond donors (Lipinski definition) is 0. The molecule has 5 aromatic rings. The first-order valence-electron chi connectivity index (χ1n) is 15.4. The molecule has 3 aliphatic rings. The molecular formula is C33H32F3N7O3. The lowest BCUT2D eigenvalue weighted by Crippen LogP contribution is -2.43. The molecule has 2 aromatic carbocycles. The van der Waals surface area contributed by atoms with Crippen molar-refractivity contribution in [3.05, 3.63) is 66.4 Å². The maximum Gasteiger partial charge on any atom is 0.319 e. The number of methoxy groups -OCH3 is 1. The van der Waals surface area contributed by atoms with Crippen LogP contribution < -0.4 is 14.4 Å². The van der Waals surface area contributed by atoms with Crippen LogP contribution in [0, 0.1) is 11.6 Å². The Morgan fingerprint density at radius 2 is 1.98 bits per heavy atom. The van der Waals surface area contributed by atoms with E-state index in [1.165, 1.54) is 19.4 Å². The largest absolute Gasteiger partial charge is 0.468 e. The summed E-state index contributed by atoms with van der Waals surface area (Å²) in [6, 6.07) is 7.84. The van der Waals surface area contributed by atoms with Gasteiger partial charge in [0.1, 0.15) is 47.2 Å². The van der Waals surface area contributed by atoms with Gasteiger partial charge in [0.05, 0.1) is 17.5 Å². The minimum atomic E-state index is -0.918. The van der Waals surface area contributed by atoms with Crippen molar-refractivity contribution in [2.75, 3.05) is 45.0 Å². The van der Waals surface area contributed by atoms with Gasteiger partial charge in [0.15, 0.2) is 12.6 Å². The number of halogens is 3. The monoisotopic (exact) mass is 631 g/mol. The fourth-order valence-corrected chi connectivity index (χ4v) is 7.27. The van der Waals surface area contributed by atoms with E-state index in [4.69, 9.17) is 19.2 Å². The van der Waals surface area contributed by atoms with E-state index in [9.17, 15) is 4.39 Å². The molecule has 2 fully saturated rings. The zero-order valence-electron chi connectivity index (χ0n) is 25.3. The van der Waals surface area contributed by atoms with E-state index in [0.717, 1.165) is 25.2 Å². The third-order valence-corrected chi connectivity index (χ3v) is 9.42. The summed E-state index contributed by atoms with van der Waals surface area (Å²) in [5.41, 5.74) is -0.326. The lowest BCUT2D eigenvalue weighted by molar-refractivity contribution is 0.0512. The van der Waals surface area contributed by atoms with E-state index in [0.29, 0.717) is 54.9 Å². The minimum Gasteiger partial charge on any atom is -0.468 e. The predicted octanol–water partition coefficient (Wildman–Crippen LogP) is 5.28. The highest BCUT2D eigenvalue weighted by Gasteiger charge is 2.49. The molecule has 10 nitrogen and oxygen atoms in total. The van der Waals surface area contributed by atoms with Crippen LogP contribution in [0.5, 0.6) is 11.8 Å². The molecular weight excluding hydrogens is 599 g/mol. The lowest BCUT2D eigenvalue weighted by atomic mass is 9.95. The van der Waals surface area contributed by atoms with Crippen LogP contribution in [0.4, 0.5) is 19.0 Å². The van der Waals surface area contributed by atoms with Crippen molar-refractivity contribution in [2.24, 2.45) is 0 Å². The predicted molar refractivity (Wildman–Crippen MR) is 165 cm³/mol. The van der Waals surface area contributed by atoms with Crippen molar-refractivity contribution >= 4 is 27.5 Å². The summed E-state index contributed by atoms with van der Waals surface area (Å²) < 4.78 is 65.6. The molecule has 238 valence electrons. The van der Waals surface area contributed by atoms with Crippen LogP contribution in [-0.2, 0) is 17.8 Å². The van der Waals surface area contributed by atoms with Crippen LogP contribution in [0.3, 0.4) is 0 Å². The van der Waals surface area contributed by atoms with Crippen LogP contribution in [0.2, 0.25) is 0 Å². The van der Waals surface area contributed by atoms with Crippen LogP contribution in [-0.4, -0.2) is 81.3 Å². The van der Waals surface area contributed by atoms with E-state index >= 15 is 8.78 Å². The second-order valence-electron chi connectivity index (χ2n) is 12.2. The van der Waals surface area contributed by atoms with Crippen molar-refractivity contribution in [1.29, 1.82) is 0 Å². The fraction of sp³-hybridized carbons (Fsp3) is 0.394. The van der Waals surface area contributed by atoms with Crippen molar-refractivity contribution in [3.8, 4) is 23.0 Å². The van der Waals surface area contributed by atoms with Gasteiger partial charge < -0.3 is 23.7 Å². The van der Waals surface area contributed by atoms with Crippen LogP contribution in [0.1, 0.15) is 25.1 Å². The van der Waals surface area contributed by atoms with Crippen molar-refractivity contribution in [1.82, 2.24) is 29.4 Å². The molecule has 0 radical (unpaired) electrons. The topological polar surface area (TPSA) is 90.7 Å². The summed E-state index contributed by atoms with van der Waals surface area (Å²) in [6.07, 6.45) is 6.43. The normalized spacial score (nSPS) is 21.2. The summed E-state index contributed by atoms with van der Waals surface area (Å²) in [6.45, 7) is 3.05. The number of imidazole rings is 1. The SMILES string of the molecule is COCOc1cc(-c2ncc3c(N4CCn5ccnc5C4)nc(OC[C@@]45CCCN4C[C@H](F)C5)nc3c2F)c2c(F)cccc2c1. The highest BCUT2D eigenvalue weighted by atomic mass is 19.1. The maximum absolute atomic E-state index is 16.8. The summed E-state index contributed by atoms with van der Waals surface area (Å²) in [7, 11) is 1.49. The molecule has 0 aliphatic carbocycles. The number of hydrogen-bond acceptors (Lipinski definition) is 9. The molecule has 3 aromatic heterocycles. The zero-order chi connectivity index (χ0) is 31.4. The average Bonchev–Trinajstić information content (AvgIpc) is 3.76. The first kappa shape index (κ1) is 28.9. The average molecular weight is 632 g/mol. The van der Waals surface area contributed by atoms with Gasteiger partial charge in [0, 0.05) is 62.7 Å². The fourth-order valence-electron chi connectivity index (χ4n) is 7.27. The Kier molecular flexibility index (Phi) is 7.17. The molecule has 0 unspecified atom stereocenters. The van der Waals surface area contributed by atoms with Crippen molar-refractivity contribution in [2.45, 2.75) is 44.1 Å². The Bertz CT molecular complexity index is 1960. The number of alkyl halides is 1. The first-order chi connectivity index (χ1) is 22.4. The van der Waals surface area contributed by atoms with Crippen molar-refractivity contribution in [3.63, 3.8) is 0 Å². The maximum atomic E-state index is 16.8. The van der Waals surface area contributed by atoms with E-state index in [1.807, 2.05) is 11.1 Å². The van der Waals surface area contributed by atoms with E-state index in [2.05, 4.69) is 24.4 Å². The number of rotatable bonds is 8. The number of aromatic nitrogens is 5. The van der Waals surface area contributed by atoms with Gasteiger partial charge in [-0.2, -0.15) is 9.97 Å². The molecule has 0 N–H and O–H groups in total. The van der Waals surface area contributed by atoms with Crippen molar-refractivity contribution < 1.29 is 27.4 Å². The molecule has 8 rings (SSSR count). The summed E-state index contributed by atoms with van der Waals surface area (Å²) in [5.74, 6) is 0.405. The van der Waals surface area contributed by atoms with Crippen LogP contribution >= 0.6 is 0 Å². The first-order valence-corrected chi connectivity index (χ1v) is 15.4. The molecule has 46 heavy (non-hydrogen) atoms. The molecule has 3 aliphatic heterocycles. The molecule has 0 amide bonds. The molecule has 0 saturated carbocycles. The molecule has 0 spiro atoms. The third-order valence-electron chi connectivity index (χ3n) is 9.42. The summed E-state index contributed by atoms with van der Waals surface area (Å²) >= 11 is 0. The number of anilines is 1. The van der Waals surface area contributed by atoms with Crippen LogP contribution in [0.25, 0.3) is 32.9 Å². The number of nitrogens with zero attached hydrogens (tertiary/aromatic N) is 7. The smallest absolute Gasteiger partial charge is 0.319 e. The Balaban J connectivity index is 1.26. The lowest BCUT2D eigenvalue weighted by Gasteiger charge is -2.31. The summed E-state index contributed by atoms with van der Waals surface area (Å²) in [5, 5.41) is 1.11. The van der Waals surface area contributed by atoms with Gasteiger partial charge in [-0.1, -0.05) is 12.1 Å². The van der Waals surface area contributed by atoms with E-state index < -0.39 is 23.3 Å². The van der Waals surface area contributed by atoms with E-state index in [-0.39, 0.29) is 41.6 Å². The number of pyridine rings is 1. The van der Waals surface area contributed by atoms with Gasteiger partial charge >= 0.3 is 6.01 Å². The number of benzene rings is 2. The highest BCUT2D eigenvalue weighted by molar-refractivity contribution is 6.00. The number of fused-ring (bicyclic) bond motifs is 4. The minimum absolute atomic E-state index is 0.00999. The molecule has 0 bridgehead atoms. The third kappa shape index (κ3) is 4.89. The second-order valence-corrected chi connectivity index (χ2v) is 12.2. The zero-order valence-corrected chi connectivity index (χ0v) is 25.3. The molecule has 6 heterocycles. The Hall–Kier alpha value is -4.49. The van der Waals surface area contributed by atoms with Gasteiger partial charge in [-0.25, -0.2) is 18.2 Å². The van der Waals surface area contributed by atoms with Gasteiger partial charge in [-0.05, 0) is 43.0 Å². The van der Waals surface area contributed by atoms with Gasteiger partial charge in [-0.3, -0.25) is 9.88 Å². The Morgan fingerprint density at radius 1 is 1.07 bits per heavy atom. The van der Waals surface area contributed by atoms with Crippen LogP contribution in [0.15, 0.2) is 48.9 Å². The molecule has 13 heteroatoms. The van der Waals surface area contributed by atoms with E-state index in [1.54, 1.807) is 30.5 Å². The Morgan fingerprint density at radius 3 is 2.87 bits per heavy atom. The number of ether oxygens (including phenoxy) is 3. The molecule has 2 saturated heterocycles. The van der Waals surface area contributed by atoms with Gasteiger partial charge in [0.25, 0.3) is 0 Å². The second kappa shape index (κ2) is 11.4.